The summed E-state index contributed by atoms with van der Waals surface area (Å²) in [6.45, 7) is 2.20. The summed E-state index contributed by atoms with van der Waals surface area (Å²) in [7, 11) is 0. The minimum atomic E-state index is -2.91. The van der Waals surface area contributed by atoms with Gasteiger partial charge in [-0.1, -0.05) is 45.4 Å². The van der Waals surface area contributed by atoms with E-state index in [1.54, 1.807) is 0 Å². The summed E-state index contributed by atoms with van der Waals surface area (Å²) >= 11 is 0. The lowest BCUT2D eigenvalue weighted by molar-refractivity contribution is -0.137. The molecular weight excluding hydrogens is 252 g/mol. The van der Waals surface area contributed by atoms with Gasteiger partial charge in [0.1, 0.15) is 0 Å². The van der Waals surface area contributed by atoms with E-state index in [-0.39, 0.29) is 0 Å². The molecule has 0 aromatic rings. The summed E-state index contributed by atoms with van der Waals surface area (Å²) in [5.41, 5.74) is 0. The molecule has 0 saturated carbocycles. The third-order valence-corrected chi connectivity index (χ3v) is 2.14. The van der Waals surface area contributed by atoms with Crippen molar-refractivity contribution in [2.75, 3.05) is 0 Å². The van der Waals surface area contributed by atoms with E-state index >= 15 is 0 Å². The fraction of sp³-hybridized carbons (Fsp3) is 0.750. The average Bonchev–Trinajstić information content (AvgIpc) is 2.28. The molecule has 0 aromatic heterocycles. The van der Waals surface area contributed by atoms with Gasteiger partial charge in [-0.05, 0) is 6.42 Å². The Balaban J connectivity index is 0. The van der Waals surface area contributed by atoms with Crippen molar-refractivity contribution >= 4 is 5.97 Å². The normalized spacial score (nSPS) is 9.39. The molecule has 0 aliphatic rings. The fourth-order valence-electron chi connectivity index (χ4n) is 1.23. The number of hydrogen-bond acceptors (Lipinski definition) is 1. The standard InChI is InChI=1S/C10H20O2.C2F4/c1-2-3-4-5-6-7-8-9-10(11)12;3-1(4)2(5)6/h2-9H2,1H3,(H,11,12);. The van der Waals surface area contributed by atoms with E-state index in [9.17, 15) is 22.4 Å². The Labute approximate surface area is 105 Å². The minimum Gasteiger partial charge on any atom is -0.481 e. The van der Waals surface area contributed by atoms with E-state index in [2.05, 4.69) is 6.92 Å². The number of rotatable bonds is 8. The molecule has 0 unspecified atom stereocenters. The van der Waals surface area contributed by atoms with Crippen molar-refractivity contribution in [2.45, 2.75) is 58.3 Å². The van der Waals surface area contributed by atoms with Gasteiger partial charge in [-0.2, -0.15) is 17.6 Å². The number of carboxylic acid groups (broad SMARTS) is 1. The molecule has 2 nitrogen and oxygen atoms in total. The van der Waals surface area contributed by atoms with Crippen molar-refractivity contribution < 1.29 is 27.5 Å². The third-order valence-electron chi connectivity index (χ3n) is 2.14. The van der Waals surface area contributed by atoms with Crippen LogP contribution in [0.5, 0.6) is 0 Å². The zero-order valence-electron chi connectivity index (χ0n) is 10.5. The molecule has 0 rings (SSSR count). The molecule has 6 heteroatoms. The zero-order chi connectivity index (χ0) is 14.4. The number of unbranched alkanes of at least 4 members (excludes halogenated alkanes) is 6. The van der Waals surface area contributed by atoms with Crippen LogP contribution in [-0.4, -0.2) is 11.1 Å². The summed E-state index contributed by atoms with van der Waals surface area (Å²) in [6, 6.07) is 0. The van der Waals surface area contributed by atoms with E-state index in [4.69, 9.17) is 5.11 Å². The highest BCUT2D eigenvalue weighted by Crippen LogP contribution is 2.08. The first-order valence-corrected chi connectivity index (χ1v) is 5.99. The third kappa shape index (κ3) is 20.4. The summed E-state index contributed by atoms with van der Waals surface area (Å²) < 4.78 is 41.1. The second-order valence-corrected chi connectivity index (χ2v) is 3.79. The summed E-state index contributed by atoms with van der Waals surface area (Å²) in [5, 5.41) is 8.35. The first-order chi connectivity index (χ1) is 8.41. The maximum absolute atomic E-state index is 10.3. The molecule has 0 aliphatic heterocycles. The van der Waals surface area contributed by atoms with Crippen molar-refractivity contribution in [3.63, 3.8) is 0 Å². The number of carbonyl (C=O) groups is 1. The molecule has 0 amide bonds. The van der Waals surface area contributed by atoms with E-state index < -0.39 is 18.1 Å². The number of carboxylic acids is 1. The van der Waals surface area contributed by atoms with Gasteiger partial charge in [0, 0.05) is 6.42 Å². The lowest BCUT2D eigenvalue weighted by Crippen LogP contribution is -1.93. The van der Waals surface area contributed by atoms with Gasteiger partial charge in [0.25, 0.3) is 0 Å². The monoisotopic (exact) mass is 272 g/mol. The SMILES string of the molecule is CCCCCCCCCC(=O)O.FC(F)=C(F)F. The highest BCUT2D eigenvalue weighted by Gasteiger charge is 1.98. The lowest BCUT2D eigenvalue weighted by Gasteiger charge is -1.98. The highest BCUT2D eigenvalue weighted by molar-refractivity contribution is 5.66. The van der Waals surface area contributed by atoms with E-state index in [0.29, 0.717) is 6.42 Å². The molecule has 0 fully saturated rings. The Hall–Kier alpha value is -1.07. The Morgan fingerprint density at radius 1 is 0.833 bits per heavy atom. The highest BCUT2D eigenvalue weighted by atomic mass is 19.3. The molecular formula is C12H20F4O2. The van der Waals surface area contributed by atoms with Crippen molar-refractivity contribution in [2.24, 2.45) is 0 Å². The van der Waals surface area contributed by atoms with Gasteiger partial charge in [0.05, 0.1) is 0 Å². The Kier molecular flexibility index (Phi) is 15.0. The second-order valence-electron chi connectivity index (χ2n) is 3.79. The van der Waals surface area contributed by atoms with Crippen LogP contribution in [0.2, 0.25) is 0 Å². The maximum Gasteiger partial charge on any atom is 0.334 e. The lowest BCUT2D eigenvalue weighted by atomic mass is 10.1. The minimum absolute atomic E-state index is 0.341. The molecule has 0 radical (unpaired) electrons. The van der Waals surface area contributed by atoms with Crippen LogP contribution in [0.15, 0.2) is 12.2 Å². The predicted octanol–water partition coefficient (Wildman–Crippen LogP) is 5.20. The van der Waals surface area contributed by atoms with Crippen molar-refractivity contribution in [1.29, 1.82) is 0 Å². The van der Waals surface area contributed by atoms with Crippen LogP contribution < -0.4 is 0 Å². The van der Waals surface area contributed by atoms with Crippen LogP contribution in [0.4, 0.5) is 17.6 Å². The zero-order valence-corrected chi connectivity index (χ0v) is 10.5. The van der Waals surface area contributed by atoms with E-state index in [1.165, 1.54) is 32.1 Å². The van der Waals surface area contributed by atoms with E-state index in [1.807, 2.05) is 0 Å². The van der Waals surface area contributed by atoms with Crippen molar-refractivity contribution in [3.8, 4) is 0 Å². The van der Waals surface area contributed by atoms with Crippen LogP contribution in [0.25, 0.3) is 0 Å². The Bertz CT molecular complexity index is 224. The molecule has 0 saturated heterocycles. The second kappa shape index (κ2) is 14.0. The molecule has 0 aliphatic carbocycles. The van der Waals surface area contributed by atoms with Gasteiger partial charge in [-0.15, -0.1) is 0 Å². The smallest absolute Gasteiger partial charge is 0.334 e. The fourth-order valence-corrected chi connectivity index (χ4v) is 1.23. The summed E-state index contributed by atoms with van der Waals surface area (Å²) in [5.74, 6) is -0.663. The van der Waals surface area contributed by atoms with Crippen LogP contribution in [0.3, 0.4) is 0 Å². The first-order valence-electron chi connectivity index (χ1n) is 5.99. The Morgan fingerprint density at radius 2 is 1.22 bits per heavy atom. The molecule has 0 spiro atoms. The summed E-state index contributed by atoms with van der Waals surface area (Å²) in [6.07, 6.45) is 2.83. The first kappa shape index (κ1) is 19.3. The average molecular weight is 272 g/mol. The molecule has 0 bridgehead atoms. The largest absolute Gasteiger partial charge is 0.481 e. The van der Waals surface area contributed by atoms with Crippen LogP contribution >= 0.6 is 0 Å². The van der Waals surface area contributed by atoms with Crippen LogP contribution in [0.1, 0.15) is 58.3 Å². The van der Waals surface area contributed by atoms with Crippen molar-refractivity contribution in [1.82, 2.24) is 0 Å². The van der Waals surface area contributed by atoms with Crippen molar-refractivity contribution in [3.05, 3.63) is 12.2 Å². The molecule has 108 valence electrons. The number of aliphatic carboxylic acids is 1. The van der Waals surface area contributed by atoms with Crippen LogP contribution in [0, 0.1) is 0 Å². The molecule has 0 heterocycles. The van der Waals surface area contributed by atoms with E-state index in [0.717, 1.165) is 12.8 Å². The Morgan fingerprint density at radius 3 is 1.56 bits per heavy atom. The number of hydrogen-bond donors (Lipinski definition) is 1. The van der Waals surface area contributed by atoms with Gasteiger partial charge in [-0.3, -0.25) is 4.79 Å². The van der Waals surface area contributed by atoms with Gasteiger partial charge < -0.3 is 5.11 Å². The van der Waals surface area contributed by atoms with Gasteiger partial charge >= 0.3 is 18.1 Å². The number of halogens is 4. The quantitative estimate of drug-likeness (QED) is 0.487. The predicted molar refractivity (Wildman–Crippen MR) is 61.7 cm³/mol. The molecule has 0 atom stereocenters. The maximum atomic E-state index is 10.3. The van der Waals surface area contributed by atoms with Gasteiger partial charge in [0.15, 0.2) is 0 Å². The molecule has 18 heavy (non-hydrogen) atoms. The topological polar surface area (TPSA) is 37.3 Å². The van der Waals surface area contributed by atoms with Crippen LogP contribution in [-0.2, 0) is 4.79 Å². The summed E-state index contributed by atoms with van der Waals surface area (Å²) in [4.78, 5) is 10.1. The molecule has 0 aromatic carbocycles. The molecule has 1 N–H and O–H groups in total. The van der Waals surface area contributed by atoms with Gasteiger partial charge in [-0.25, -0.2) is 0 Å². The van der Waals surface area contributed by atoms with Gasteiger partial charge in [0.2, 0.25) is 0 Å².